The minimum Gasteiger partial charge on any atom is -0.353 e. The third kappa shape index (κ3) is 4.63. The first-order chi connectivity index (χ1) is 14.1. The zero-order valence-electron chi connectivity index (χ0n) is 16.0. The van der Waals surface area contributed by atoms with Crippen LogP contribution >= 0.6 is 11.6 Å². The van der Waals surface area contributed by atoms with Crippen LogP contribution in [0.5, 0.6) is 0 Å². The van der Waals surface area contributed by atoms with Gasteiger partial charge in [0.15, 0.2) is 0 Å². The highest BCUT2D eigenvalue weighted by Gasteiger charge is 2.23. The molecule has 0 saturated carbocycles. The molecule has 3 heterocycles. The van der Waals surface area contributed by atoms with Crippen LogP contribution in [0.15, 0.2) is 55.0 Å². The second kappa shape index (κ2) is 8.45. The Kier molecular flexibility index (Phi) is 5.57. The van der Waals surface area contributed by atoms with E-state index in [2.05, 4.69) is 25.2 Å². The summed E-state index contributed by atoms with van der Waals surface area (Å²) in [4.78, 5) is 29.7. The first-order valence-electron chi connectivity index (χ1n) is 9.40. The molecule has 0 aliphatic carbocycles. The van der Waals surface area contributed by atoms with Crippen LogP contribution in [-0.4, -0.2) is 51.9 Å². The van der Waals surface area contributed by atoms with Gasteiger partial charge in [-0.15, -0.1) is 0 Å². The lowest BCUT2D eigenvalue weighted by Crippen LogP contribution is -2.49. The summed E-state index contributed by atoms with van der Waals surface area (Å²) >= 11 is 6.01. The van der Waals surface area contributed by atoms with Crippen molar-refractivity contribution >= 4 is 35.0 Å². The topological polar surface area (TPSA) is 74.2 Å². The molecule has 1 amide bonds. The number of nitrogens with zero attached hydrogens (tertiary/aromatic N) is 5. The maximum Gasteiger partial charge on any atom is 0.254 e. The summed E-state index contributed by atoms with van der Waals surface area (Å²) in [6.45, 7) is 4.66. The number of rotatable bonds is 4. The van der Waals surface area contributed by atoms with Gasteiger partial charge in [0.1, 0.15) is 23.8 Å². The minimum absolute atomic E-state index is 0.00251. The highest BCUT2D eigenvalue weighted by molar-refractivity contribution is 6.30. The average Bonchev–Trinajstić information content (AvgIpc) is 2.74. The maximum absolute atomic E-state index is 12.7. The summed E-state index contributed by atoms with van der Waals surface area (Å²) < 4.78 is 0. The fourth-order valence-electron chi connectivity index (χ4n) is 3.27. The van der Waals surface area contributed by atoms with Gasteiger partial charge in [-0.3, -0.25) is 4.79 Å². The van der Waals surface area contributed by atoms with Gasteiger partial charge in [0, 0.05) is 49.0 Å². The number of nitrogens with one attached hydrogen (secondary N) is 1. The van der Waals surface area contributed by atoms with Crippen LogP contribution < -0.4 is 10.2 Å². The number of anilines is 3. The highest BCUT2D eigenvalue weighted by atomic mass is 35.5. The van der Waals surface area contributed by atoms with Gasteiger partial charge in [0.25, 0.3) is 5.91 Å². The molecular formula is C21H21ClN6O. The van der Waals surface area contributed by atoms with Gasteiger partial charge in [-0.25, -0.2) is 15.0 Å². The van der Waals surface area contributed by atoms with Gasteiger partial charge >= 0.3 is 0 Å². The van der Waals surface area contributed by atoms with Crippen LogP contribution in [0.25, 0.3) is 0 Å². The summed E-state index contributed by atoms with van der Waals surface area (Å²) in [5.74, 6) is 2.25. The van der Waals surface area contributed by atoms with Crippen LogP contribution in [0.1, 0.15) is 15.9 Å². The number of pyridine rings is 1. The second-order valence-electron chi connectivity index (χ2n) is 6.89. The Morgan fingerprint density at radius 3 is 2.55 bits per heavy atom. The second-order valence-corrected chi connectivity index (χ2v) is 7.33. The van der Waals surface area contributed by atoms with Crippen LogP contribution in [0.3, 0.4) is 0 Å². The Labute approximate surface area is 174 Å². The number of aryl methyl sites for hydroxylation is 1. The Hall–Kier alpha value is -3.19. The third-order valence-corrected chi connectivity index (χ3v) is 5.02. The number of halogens is 1. The van der Waals surface area contributed by atoms with Crippen molar-refractivity contribution in [2.45, 2.75) is 6.92 Å². The van der Waals surface area contributed by atoms with E-state index in [0.717, 1.165) is 17.2 Å². The van der Waals surface area contributed by atoms with Gasteiger partial charge < -0.3 is 15.1 Å². The van der Waals surface area contributed by atoms with Crippen molar-refractivity contribution < 1.29 is 4.79 Å². The van der Waals surface area contributed by atoms with Crippen LogP contribution in [0.4, 0.5) is 17.5 Å². The number of carbonyl (C=O) groups excluding carboxylic acids is 1. The highest BCUT2D eigenvalue weighted by Crippen LogP contribution is 2.20. The molecule has 0 unspecified atom stereocenters. The van der Waals surface area contributed by atoms with E-state index in [0.29, 0.717) is 42.6 Å². The lowest BCUT2D eigenvalue weighted by Gasteiger charge is -2.35. The van der Waals surface area contributed by atoms with Crippen LogP contribution in [-0.2, 0) is 0 Å². The normalized spacial score (nSPS) is 14.0. The summed E-state index contributed by atoms with van der Waals surface area (Å²) in [6.07, 6.45) is 3.30. The zero-order chi connectivity index (χ0) is 20.2. The van der Waals surface area contributed by atoms with Crippen molar-refractivity contribution in [1.29, 1.82) is 0 Å². The molecular weight excluding hydrogens is 388 g/mol. The van der Waals surface area contributed by atoms with Crippen molar-refractivity contribution in [3.8, 4) is 0 Å². The van der Waals surface area contributed by atoms with Crippen LogP contribution in [0, 0.1) is 6.92 Å². The Balaban J connectivity index is 1.40. The minimum atomic E-state index is 0.00251. The molecule has 1 aromatic carbocycles. The SMILES string of the molecule is Cc1ccnc(Nc2cc(N3CCN(C(=O)c4cccc(Cl)c4)CC3)ncn2)c1. The lowest BCUT2D eigenvalue weighted by molar-refractivity contribution is 0.0746. The summed E-state index contributed by atoms with van der Waals surface area (Å²) in [5, 5.41) is 3.78. The fourth-order valence-corrected chi connectivity index (χ4v) is 3.46. The van der Waals surface area contributed by atoms with Gasteiger partial charge in [-0.05, 0) is 42.8 Å². The molecule has 0 atom stereocenters. The molecule has 4 rings (SSSR count). The molecule has 8 heteroatoms. The molecule has 148 valence electrons. The van der Waals surface area contributed by atoms with Gasteiger partial charge in [0.05, 0.1) is 0 Å². The number of hydrogen-bond acceptors (Lipinski definition) is 6. The predicted molar refractivity (Wildman–Crippen MR) is 114 cm³/mol. The third-order valence-electron chi connectivity index (χ3n) is 4.79. The molecule has 1 fully saturated rings. The van der Waals surface area contributed by atoms with Gasteiger partial charge in [-0.1, -0.05) is 17.7 Å². The van der Waals surface area contributed by atoms with Crippen molar-refractivity contribution in [1.82, 2.24) is 19.9 Å². The molecule has 1 N–H and O–H groups in total. The van der Waals surface area contributed by atoms with E-state index in [1.165, 1.54) is 6.33 Å². The number of aromatic nitrogens is 3. The van der Waals surface area contributed by atoms with Crippen molar-refractivity contribution in [2.24, 2.45) is 0 Å². The monoisotopic (exact) mass is 408 g/mol. The largest absolute Gasteiger partial charge is 0.353 e. The number of hydrogen-bond donors (Lipinski definition) is 1. The van der Waals surface area contributed by atoms with Gasteiger partial charge in [-0.2, -0.15) is 0 Å². The average molecular weight is 409 g/mol. The standard InChI is InChI=1S/C21H21ClN6O/c1-15-5-6-23-18(11-15)26-19-13-20(25-14-24-19)27-7-9-28(10-8-27)21(29)16-3-2-4-17(22)12-16/h2-6,11-14H,7-10H2,1H3,(H,23,24,25,26). The van der Waals surface area contributed by atoms with E-state index < -0.39 is 0 Å². The van der Waals surface area contributed by atoms with Gasteiger partial charge in [0.2, 0.25) is 0 Å². The maximum atomic E-state index is 12.7. The smallest absolute Gasteiger partial charge is 0.254 e. The summed E-state index contributed by atoms with van der Waals surface area (Å²) in [7, 11) is 0. The molecule has 0 spiro atoms. The Morgan fingerprint density at radius 1 is 1.00 bits per heavy atom. The van der Waals surface area contributed by atoms with Crippen molar-refractivity contribution in [3.63, 3.8) is 0 Å². The molecule has 1 saturated heterocycles. The number of piperazine rings is 1. The number of amides is 1. The summed E-state index contributed by atoms with van der Waals surface area (Å²) in [6, 6.07) is 12.9. The van der Waals surface area contributed by atoms with Crippen molar-refractivity contribution in [3.05, 3.63) is 71.1 Å². The van der Waals surface area contributed by atoms with E-state index in [-0.39, 0.29) is 5.91 Å². The quantitative estimate of drug-likeness (QED) is 0.711. The fraction of sp³-hybridized carbons (Fsp3) is 0.238. The summed E-state index contributed by atoms with van der Waals surface area (Å²) in [5.41, 5.74) is 1.74. The number of benzene rings is 1. The molecule has 0 bridgehead atoms. The van der Waals surface area contributed by atoms with E-state index in [1.54, 1.807) is 30.5 Å². The Morgan fingerprint density at radius 2 is 1.79 bits per heavy atom. The molecule has 3 aromatic rings. The van der Waals surface area contributed by atoms with E-state index >= 15 is 0 Å². The molecule has 1 aliphatic rings. The van der Waals surface area contributed by atoms with E-state index in [1.807, 2.05) is 30.0 Å². The number of carbonyl (C=O) groups is 1. The molecule has 2 aromatic heterocycles. The molecule has 0 radical (unpaired) electrons. The first kappa shape index (κ1) is 19.1. The van der Waals surface area contributed by atoms with E-state index in [9.17, 15) is 4.79 Å². The molecule has 1 aliphatic heterocycles. The first-order valence-corrected chi connectivity index (χ1v) is 9.78. The van der Waals surface area contributed by atoms with Crippen LogP contribution in [0.2, 0.25) is 5.02 Å². The molecule has 7 nitrogen and oxygen atoms in total. The Bertz CT molecular complexity index is 1020. The zero-order valence-corrected chi connectivity index (χ0v) is 16.8. The van der Waals surface area contributed by atoms with Crippen molar-refractivity contribution in [2.75, 3.05) is 36.4 Å². The lowest BCUT2D eigenvalue weighted by atomic mass is 10.2. The van der Waals surface area contributed by atoms with E-state index in [4.69, 9.17) is 11.6 Å². The molecule has 29 heavy (non-hydrogen) atoms. The predicted octanol–water partition coefficient (Wildman–Crippen LogP) is 3.54.